The number of carbonyl (C=O) groups is 3. The molecule has 0 spiro atoms. The number of ether oxygens (including phenoxy) is 2. The van der Waals surface area contributed by atoms with E-state index < -0.39 is 17.9 Å². The van der Waals surface area contributed by atoms with E-state index in [4.69, 9.17) is 9.47 Å². The van der Waals surface area contributed by atoms with E-state index in [1.54, 1.807) is 30.5 Å². The van der Waals surface area contributed by atoms with Gasteiger partial charge in [0.15, 0.2) is 0 Å². The number of nitrogens with zero attached hydrogens (tertiary/aromatic N) is 2. The zero-order valence-corrected chi connectivity index (χ0v) is 15.8. The molecule has 3 aromatic carbocycles. The van der Waals surface area contributed by atoms with Crippen LogP contribution in [0.1, 0.15) is 36.6 Å². The second-order valence-corrected chi connectivity index (χ2v) is 7.66. The average molecular weight is 437 g/mol. The van der Waals surface area contributed by atoms with Gasteiger partial charge in [-0.15, -0.1) is 0 Å². The Hall–Kier alpha value is -3.75. The second-order valence-electron chi connectivity index (χ2n) is 7.18. The number of hydrogen-bond acceptors (Lipinski definition) is 7. The Kier molecular flexibility index (Phi) is 2.70. The predicted molar refractivity (Wildman–Crippen MR) is 103 cm³/mol. The van der Waals surface area contributed by atoms with Crippen LogP contribution in [0.4, 0.5) is 0 Å². The molecule has 0 saturated carbocycles. The molecule has 8 heteroatoms. The van der Waals surface area contributed by atoms with Crippen LogP contribution in [0.2, 0.25) is 0 Å². The minimum absolute atomic E-state index is 0.188. The van der Waals surface area contributed by atoms with Gasteiger partial charge in [0.05, 0.1) is 0 Å². The van der Waals surface area contributed by atoms with Crippen molar-refractivity contribution in [2.75, 3.05) is 0 Å². The van der Waals surface area contributed by atoms with Gasteiger partial charge in [0, 0.05) is 0 Å². The monoisotopic (exact) mass is 437 g/mol. The van der Waals surface area contributed by atoms with E-state index in [2.05, 4.69) is 25.3 Å². The minimum atomic E-state index is -0.718. The summed E-state index contributed by atoms with van der Waals surface area (Å²) >= 11 is 4.37. The van der Waals surface area contributed by atoms with Gasteiger partial charge in [-0.2, -0.15) is 0 Å². The topological polar surface area (TPSA) is 95.5 Å². The molecule has 0 unspecified atom stereocenters. The van der Waals surface area contributed by atoms with E-state index in [-0.39, 0.29) is 10.2 Å². The second kappa shape index (κ2) is 5.04. The van der Waals surface area contributed by atoms with Crippen molar-refractivity contribution in [3.8, 4) is 0 Å². The van der Waals surface area contributed by atoms with Gasteiger partial charge in [-0.05, 0) is 0 Å². The number of esters is 3. The van der Waals surface area contributed by atoms with Crippen LogP contribution < -0.4 is 0 Å². The summed E-state index contributed by atoms with van der Waals surface area (Å²) in [6.07, 6.45) is 3.04. The van der Waals surface area contributed by atoms with Crippen molar-refractivity contribution in [3.05, 3.63) is 58.9 Å². The summed E-state index contributed by atoms with van der Waals surface area (Å²) in [5.74, 6) is -1.88. The number of carbonyl (C=O) groups excluding carboxylic acids is 3. The molecule has 0 aliphatic carbocycles. The first-order valence-corrected chi connectivity index (χ1v) is 9.48. The fraction of sp³-hybridized carbons (Fsp3) is 0. The molecular weight excluding hydrogens is 431 g/mol. The Morgan fingerprint density at radius 1 is 0.600 bits per heavy atom. The predicted octanol–water partition coefficient (Wildman–Crippen LogP) is 3.03. The van der Waals surface area contributed by atoms with Gasteiger partial charge < -0.3 is 0 Å². The molecule has 0 N–H and O–H groups in total. The molecule has 143 valence electrons. The molecule has 30 heavy (non-hydrogen) atoms. The molecule has 2 aliphatic heterocycles. The van der Waals surface area contributed by atoms with Crippen molar-refractivity contribution in [2.24, 2.45) is 0 Å². The molecule has 0 bridgehead atoms. The van der Waals surface area contributed by atoms with Crippen LogP contribution in [0.5, 0.6) is 0 Å². The first-order valence-electron chi connectivity index (χ1n) is 8.96. The van der Waals surface area contributed by atoms with Crippen molar-refractivity contribution >= 4 is 65.9 Å². The molecule has 2 aliphatic rings. The normalized spacial score (nSPS) is 15.5. The Labute approximate surface area is 174 Å². The van der Waals surface area contributed by atoms with Crippen molar-refractivity contribution in [2.45, 2.75) is 0 Å². The maximum atomic E-state index is 12.4. The maximum absolute atomic E-state index is 12.4. The van der Waals surface area contributed by atoms with E-state index >= 15 is 0 Å². The van der Waals surface area contributed by atoms with Gasteiger partial charge in [0.1, 0.15) is 0 Å². The summed E-state index contributed by atoms with van der Waals surface area (Å²) in [6, 6.07) is 6.88. The quantitative estimate of drug-likeness (QED) is 0.159. The first-order chi connectivity index (χ1) is 14.5. The molecule has 0 atom stereocenters. The molecule has 0 saturated heterocycles. The van der Waals surface area contributed by atoms with Crippen LogP contribution in [0, 0.1) is 0 Å². The fourth-order valence-corrected chi connectivity index (χ4v) is 4.89. The number of benzene rings is 3. The summed E-state index contributed by atoms with van der Waals surface area (Å²) in [5.41, 5.74) is 2.87. The van der Waals surface area contributed by atoms with Crippen molar-refractivity contribution in [1.29, 1.82) is 0 Å². The number of rotatable bonds is 0. The SMILES string of the molecule is O=C1OC(=O)c2cnc3c4ccc5c6c(cnc(c7ccc1c2c73)c64)[C](=[Co])OC5=O. The fourth-order valence-electron chi connectivity index (χ4n) is 4.59. The van der Waals surface area contributed by atoms with Crippen molar-refractivity contribution in [3.63, 3.8) is 0 Å². The molecule has 4 heterocycles. The van der Waals surface area contributed by atoms with Crippen LogP contribution in [0.25, 0.3) is 43.4 Å². The molecule has 7 nitrogen and oxygen atoms in total. The molecule has 7 rings (SSSR count). The number of fused-ring (bicyclic) bond motifs is 2. The van der Waals surface area contributed by atoms with Gasteiger partial charge in [-0.1, -0.05) is 0 Å². The Bertz CT molecular complexity index is 1480. The van der Waals surface area contributed by atoms with Crippen LogP contribution in [0.15, 0.2) is 36.7 Å². The molecule has 0 radical (unpaired) electrons. The van der Waals surface area contributed by atoms with E-state index in [1.165, 1.54) is 6.20 Å². The van der Waals surface area contributed by atoms with Gasteiger partial charge in [-0.25, -0.2) is 0 Å². The molecule has 5 aromatic rings. The van der Waals surface area contributed by atoms with Crippen LogP contribution in [0.3, 0.4) is 0 Å². The number of hydrogen-bond donors (Lipinski definition) is 0. The van der Waals surface area contributed by atoms with Gasteiger partial charge >= 0.3 is 174 Å². The van der Waals surface area contributed by atoms with Crippen LogP contribution in [-0.4, -0.2) is 32.5 Å². The third kappa shape index (κ3) is 1.68. The van der Waals surface area contributed by atoms with Gasteiger partial charge in [-0.3, -0.25) is 0 Å². The summed E-state index contributed by atoms with van der Waals surface area (Å²) in [4.78, 5) is 46.2. The van der Waals surface area contributed by atoms with E-state index in [0.29, 0.717) is 43.9 Å². The number of cyclic esters (lactones) is 3. The third-order valence-electron chi connectivity index (χ3n) is 5.80. The van der Waals surface area contributed by atoms with E-state index in [0.717, 1.165) is 16.2 Å². The van der Waals surface area contributed by atoms with Crippen molar-refractivity contribution in [1.82, 2.24) is 9.97 Å². The summed E-state index contributed by atoms with van der Waals surface area (Å²) in [5, 5.41) is 4.14. The standard InChI is InChI=1S/C22H6N2O5.Co/c25-20-11-3-1-9-16-14(11)8(7-28-20)5-23-18(16)10-2-4-12-15-13(22(27)29-21(12)26)6-24-19(9)17(10)15;/h1-6H;. The average Bonchev–Trinajstić information content (AvgIpc) is 2.74. The van der Waals surface area contributed by atoms with Crippen LogP contribution in [-0.2, 0) is 24.8 Å². The number of aromatic nitrogens is 2. The summed E-state index contributed by atoms with van der Waals surface area (Å²) in [6.45, 7) is 0. The Morgan fingerprint density at radius 3 is 1.73 bits per heavy atom. The Morgan fingerprint density at radius 2 is 1.10 bits per heavy atom. The third-order valence-corrected chi connectivity index (χ3v) is 6.19. The molecule has 0 fully saturated rings. The Balaban J connectivity index is 1.82. The summed E-state index contributed by atoms with van der Waals surface area (Å²) < 4.78 is 10.3. The number of pyridine rings is 2. The zero-order valence-electron chi connectivity index (χ0n) is 14.7. The van der Waals surface area contributed by atoms with E-state index in [9.17, 15) is 14.4 Å². The summed E-state index contributed by atoms with van der Waals surface area (Å²) in [7, 11) is 0. The van der Waals surface area contributed by atoms with Crippen LogP contribution >= 0.6 is 0 Å². The first kappa shape index (κ1) is 16.1. The van der Waals surface area contributed by atoms with Gasteiger partial charge in [0.25, 0.3) is 0 Å². The molecule has 2 aromatic heterocycles. The molecule has 0 amide bonds. The zero-order chi connectivity index (χ0) is 20.3. The van der Waals surface area contributed by atoms with E-state index in [1.807, 2.05) is 0 Å². The van der Waals surface area contributed by atoms with Crippen molar-refractivity contribution < 1.29 is 39.2 Å². The van der Waals surface area contributed by atoms with Gasteiger partial charge in [0.2, 0.25) is 0 Å². The molecular formula is C22H6CoN2O5.